The highest BCUT2D eigenvalue weighted by Gasteiger charge is 2.27. The Labute approximate surface area is 193 Å². The Morgan fingerprint density at radius 1 is 1.09 bits per heavy atom. The summed E-state index contributed by atoms with van der Waals surface area (Å²) in [5.41, 5.74) is 9.45. The van der Waals surface area contributed by atoms with E-state index in [-0.39, 0.29) is 12.0 Å². The van der Waals surface area contributed by atoms with E-state index in [1.165, 1.54) is 10.9 Å². The van der Waals surface area contributed by atoms with Crippen molar-refractivity contribution >= 4 is 28.5 Å². The molecule has 4 aromatic rings. The molecule has 3 heterocycles. The number of rotatable bonds is 6. The van der Waals surface area contributed by atoms with E-state index in [0.717, 1.165) is 42.9 Å². The summed E-state index contributed by atoms with van der Waals surface area (Å²) in [7, 11) is 1.71. The quantitative estimate of drug-likeness (QED) is 0.399. The molecule has 0 bridgehead atoms. The first-order valence-corrected chi connectivity index (χ1v) is 11.3. The molecule has 4 N–H and O–H groups in total. The molecule has 170 valence electrons. The maximum absolute atomic E-state index is 6.01. The number of nitrogen functional groups attached to an aromatic ring is 1. The van der Waals surface area contributed by atoms with Crippen molar-refractivity contribution in [3.05, 3.63) is 66.1 Å². The smallest absolute Gasteiger partial charge is 0.232 e. The molecule has 5 rings (SSSR count). The van der Waals surface area contributed by atoms with E-state index in [0.29, 0.717) is 17.7 Å². The van der Waals surface area contributed by atoms with Gasteiger partial charge in [-0.25, -0.2) is 0 Å². The predicted molar refractivity (Wildman–Crippen MR) is 131 cm³/mol. The SMILES string of the molecule is COc1ccc2[nH]cc(C3CCN(C(C)c4nc(N)nc(Nc5ccccc5)n4)CC3)c2c1. The summed E-state index contributed by atoms with van der Waals surface area (Å²) < 4.78 is 5.43. The third kappa shape index (κ3) is 4.47. The van der Waals surface area contributed by atoms with Gasteiger partial charge >= 0.3 is 0 Å². The molecule has 1 aliphatic heterocycles. The monoisotopic (exact) mass is 443 g/mol. The molecular formula is C25H29N7O. The van der Waals surface area contributed by atoms with Gasteiger partial charge in [0, 0.05) is 22.8 Å². The number of ether oxygens (including phenoxy) is 1. The normalized spacial score (nSPS) is 16.1. The van der Waals surface area contributed by atoms with Gasteiger partial charge in [-0.15, -0.1) is 0 Å². The fraction of sp³-hybridized carbons (Fsp3) is 0.320. The number of anilines is 3. The molecule has 1 atom stereocenters. The largest absolute Gasteiger partial charge is 0.497 e. The molecule has 0 spiro atoms. The molecule has 33 heavy (non-hydrogen) atoms. The van der Waals surface area contributed by atoms with Gasteiger partial charge in [0.2, 0.25) is 11.9 Å². The zero-order valence-electron chi connectivity index (χ0n) is 19.0. The number of hydrogen-bond acceptors (Lipinski definition) is 7. The number of nitrogens with zero attached hydrogens (tertiary/aromatic N) is 4. The van der Waals surface area contributed by atoms with Gasteiger partial charge in [-0.1, -0.05) is 18.2 Å². The molecule has 0 radical (unpaired) electrons. The average molecular weight is 444 g/mol. The number of piperidine rings is 1. The molecule has 0 amide bonds. The fourth-order valence-corrected chi connectivity index (χ4v) is 4.65. The number of hydrogen-bond donors (Lipinski definition) is 3. The van der Waals surface area contributed by atoms with Crippen molar-refractivity contribution in [1.82, 2.24) is 24.8 Å². The summed E-state index contributed by atoms with van der Waals surface area (Å²) in [6.45, 7) is 4.07. The first-order chi connectivity index (χ1) is 16.1. The zero-order valence-corrected chi connectivity index (χ0v) is 19.0. The second-order valence-electron chi connectivity index (χ2n) is 8.51. The Kier molecular flexibility index (Phi) is 5.83. The van der Waals surface area contributed by atoms with Gasteiger partial charge in [-0.05, 0) is 74.7 Å². The van der Waals surface area contributed by atoms with Crippen LogP contribution < -0.4 is 15.8 Å². The van der Waals surface area contributed by atoms with Crippen LogP contribution in [0.4, 0.5) is 17.6 Å². The Hall–Kier alpha value is -3.65. The van der Waals surface area contributed by atoms with Crippen molar-refractivity contribution in [2.75, 3.05) is 31.2 Å². The number of H-pyrrole nitrogens is 1. The molecule has 0 saturated carbocycles. The molecule has 8 nitrogen and oxygen atoms in total. The second-order valence-corrected chi connectivity index (χ2v) is 8.51. The maximum atomic E-state index is 6.01. The van der Waals surface area contributed by atoms with Crippen LogP contribution in [0.1, 0.15) is 43.1 Å². The summed E-state index contributed by atoms with van der Waals surface area (Å²) in [6, 6.07) is 16.1. The highest BCUT2D eigenvalue weighted by atomic mass is 16.5. The molecule has 2 aromatic carbocycles. The minimum atomic E-state index is 0.0515. The number of nitrogens with one attached hydrogen (secondary N) is 2. The van der Waals surface area contributed by atoms with E-state index in [1.54, 1.807) is 7.11 Å². The molecule has 8 heteroatoms. The topological polar surface area (TPSA) is 105 Å². The van der Waals surface area contributed by atoms with Crippen molar-refractivity contribution in [3.63, 3.8) is 0 Å². The minimum absolute atomic E-state index is 0.0515. The lowest BCUT2D eigenvalue weighted by Crippen LogP contribution is -2.36. The second kappa shape index (κ2) is 9.07. The Balaban J connectivity index is 1.28. The Morgan fingerprint density at radius 3 is 2.64 bits per heavy atom. The van der Waals surface area contributed by atoms with Gasteiger partial charge < -0.3 is 20.8 Å². The van der Waals surface area contributed by atoms with Crippen LogP contribution in [0.3, 0.4) is 0 Å². The summed E-state index contributed by atoms with van der Waals surface area (Å²) >= 11 is 0. The fourth-order valence-electron chi connectivity index (χ4n) is 4.65. The lowest BCUT2D eigenvalue weighted by molar-refractivity contribution is 0.157. The van der Waals surface area contributed by atoms with Crippen molar-refractivity contribution in [1.29, 1.82) is 0 Å². The molecule has 1 saturated heterocycles. The lowest BCUT2D eigenvalue weighted by atomic mass is 9.88. The van der Waals surface area contributed by atoms with Gasteiger partial charge in [0.05, 0.1) is 13.2 Å². The summed E-state index contributed by atoms with van der Waals surface area (Å²) in [6.07, 6.45) is 4.30. The molecule has 0 aliphatic carbocycles. The highest BCUT2D eigenvalue weighted by molar-refractivity contribution is 5.85. The number of benzene rings is 2. The molecule has 2 aromatic heterocycles. The van der Waals surface area contributed by atoms with Crippen LogP contribution in [0.15, 0.2) is 54.7 Å². The molecular weight excluding hydrogens is 414 g/mol. The Bertz CT molecular complexity index is 1230. The van der Waals surface area contributed by atoms with Crippen LogP contribution in [0.5, 0.6) is 5.75 Å². The maximum Gasteiger partial charge on any atom is 0.232 e. The summed E-state index contributed by atoms with van der Waals surface area (Å²) in [5, 5.41) is 4.47. The van der Waals surface area contributed by atoms with E-state index < -0.39 is 0 Å². The highest BCUT2D eigenvalue weighted by Crippen LogP contribution is 2.36. The minimum Gasteiger partial charge on any atom is -0.497 e. The third-order valence-electron chi connectivity index (χ3n) is 6.51. The summed E-state index contributed by atoms with van der Waals surface area (Å²) in [5.74, 6) is 2.79. The summed E-state index contributed by atoms with van der Waals surface area (Å²) in [4.78, 5) is 19.2. The van der Waals surface area contributed by atoms with Gasteiger partial charge in [-0.3, -0.25) is 4.90 Å². The average Bonchev–Trinajstić information content (AvgIpc) is 3.27. The third-order valence-corrected chi connectivity index (χ3v) is 6.51. The van der Waals surface area contributed by atoms with Crippen molar-refractivity contribution in [2.24, 2.45) is 0 Å². The molecule has 1 aliphatic rings. The van der Waals surface area contributed by atoms with Crippen molar-refractivity contribution < 1.29 is 4.74 Å². The van der Waals surface area contributed by atoms with E-state index >= 15 is 0 Å². The van der Waals surface area contributed by atoms with Crippen LogP contribution >= 0.6 is 0 Å². The van der Waals surface area contributed by atoms with Gasteiger partial charge in [0.1, 0.15) is 5.75 Å². The van der Waals surface area contributed by atoms with Crippen molar-refractivity contribution in [3.8, 4) is 5.75 Å². The van der Waals surface area contributed by atoms with Gasteiger partial charge in [-0.2, -0.15) is 15.0 Å². The van der Waals surface area contributed by atoms with Gasteiger partial charge in [0.25, 0.3) is 0 Å². The van der Waals surface area contributed by atoms with Crippen LogP contribution in [0.2, 0.25) is 0 Å². The van der Waals surface area contributed by atoms with Crippen LogP contribution in [-0.4, -0.2) is 45.0 Å². The number of fused-ring (bicyclic) bond motifs is 1. The van der Waals surface area contributed by atoms with Crippen LogP contribution in [0, 0.1) is 0 Å². The Morgan fingerprint density at radius 2 is 1.88 bits per heavy atom. The predicted octanol–water partition coefficient (Wildman–Crippen LogP) is 4.63. The van der Waals surface area contributed by atoms with E-state index in [1.807, 2.05) is 36.4 Å². The van der Waals surface area contributed by atoms with E-state index in [4.69, 9.17) is 10.5 Å². The van der Waals surface area contributed by atoms with E-state index in [2.05, 4.69) is 55.4 Å². The zero-order chi connectivity index (χ0) is 22.8. The van der Waals surface area contributed by atoms with Crippen molar-refractivity contribution in [2.45, 2.75) is 31.7 Å². The number of para-hydroxylation sites is 1. The van der Waals surface area contributed by atoms with Crippen LogP contribution in [-0.2, 0) is 0 Å². The first kappa shape index (κ1) is 21.2. The standard InChI is InChI=1S/C25H29N7O/c1-16(23-29-24(26)31-25(30-23)28-18-6-4-3-5-7-18)32-12-10-17(11-13-32)21-15-27-22-9-8-19(33-2)14-20(21)22/h3-9,14-17,27H,10-13H2,1-2H3,(H3,26,28,29,30,31). The number of nitrogens with two attached hydrogens (primary N) is 1. The van der Waals surface area contributed by atoms with Gasteiger partial charge in [0.15, 0.2) is 5.82 Å². The molecule has 1 fully saturated rings. The number of likely N-dealkylation sites (tertiary alicyclic amines) is 1. The number of aromatic amines is 1. The lowest BCUT2D eigenvalue weighted by Gasteiger charge is -2.35. The first-order valence-electron chi connectivity index (χ1n) is 11.3. The van der Waals surface area contributed by atoms with Crippen LogP contribution in [0.25, 0.3) is 10.9 Å². The number of methoxy groups -OCH3 is 1. The molecule has 1 unspecified atom stereocenters. The number of aromatic nitrogens is 4. The van der Waals surface area contributed by atoms with E-state index in [9.17, 15) is 0 Å².